The largest absolute Gasteiger partial charge is 0.474 e. The van der Waals surface area contributed by atoms with E-state index in [9.17, 15) is 0 Å². The van der Waals surface area contributed by atoms with Crippen molar-refractivity contribution in [3.63, 3.8) is 0 Å². The van der Waals surface area contributed by atoms with Gasteiger partial charge in [0.25, 0.3) is 0 Å². The lowest BCUT2D eigenvalue weighted by Crippen LogP contribution is -2.46. The summed E-state index contributed by atoms with van der Waals surface area (Å²) in [5.41, 5.74) is 1.32. The predicted octanol–water partition coefficient (Wildman–Crippen LogP) is 2.55. The Kier molecular flexibility index (Phi) is 4.37. The first-order valence-corrected chi connectivity index (χ1v) is 6.66. The molecule has 1 aliphatic rings. The highest BCUT2D eigenvalue weighted by Crippen LogP contribution is 2.25. The van der Waals surface area contributed by atoms with E-state index in [1.165, 1.54) is 5.56 Å². The lowest BCUT2D eigenvalue weighted by molar-refractivity contribution is 0.0814. The van der Waals surface area contributed by atoms with Gasteiger partial charge in [0.1, 0.15) is 6.10 Å². The summed E-state index contributed by atoms with van der Waals surface area (Å²) in [6.07, 6.45) is 6.67. The Balaban J connectivity index is 1.81. The maximum Gasteiger partial charge on any atom is 0.213 e. The van der Waals surface area contributed by atoms with Crippen LogP contribution in [-0.2, 0) is 6.42 Å². The topological polar surface area (TPSA) is 34.1 Å². The standard InChI is InChI=1S/C14H22N2O/c1-3-5-11-6-7-16-14(8-11)17-13-9-12(10-13)15-4-2/h6-8,12-13,15H,3-5,9-10H2,1-2H3/t12-,13+. The number of pyridine rings is 1. The van der Waals surface area contributed by atoms with Gasteiger partial charge in [-0.05, 0) is 37.4 Å². The Labute approximate surface area is 104 Å². The minimum atomic E-state index is 0.350. The van der Waals surface area contributed by atoms with E-state index in [1.54, 1.807) is 0 Å². The molecule has 0 atom stereocenters. The second kappa shape index (κ2) is 6.01. The molecule has 0 aliphatic heterocycles. The van der Waals surface area contributed by atoms with Crippen molar-refractivity contribution < 1.29 is 4.74 Å². The molecule has 1 saturated carbocycles. The van der Waals surface area contributed by atoms with Crippen molar-refractivity contribution in [3.8, 4) is 5.88 Å². The number of hydrogen-bond acceptors (Lipinski definition) is 3. The summed E-state index contributed by atoms with van der Waals surface area (Å²) >= 11 is 0. The van der Waals surface area contributed by atoms with Gasteiger partial charge in [0.15, 0.2) is 0 Å². The Morgan fingerprint density at radius 1 is 1.41 bits per heavy atom. The zero-order chi connectivity index (χ0) is 12.1. The molecule has 94 valence electrons. The first kappa shape index (κ1) is 12.4. The second-order valence-electron chi connectivity index (χ2n) is 4.72. The van der Waals surface area contributed by atoms with Crippen molar-refractivity contribution in [3.05, 3.63) is 23.9 Å². The summed E-state index contributed by atoms with van der Waals surface area (Å²) in [5, 5.41) is 3.43. The van der Waals surface area contributed by atoms with Crippen LogP contribution in [-0.4, -0.2) is 23.7 Å². The van der Waals surface area contributed by atoms with Crippen LogP contribution in [0, 0.1) is 0 Å². The van der Waals surface area contributed by atoms with E-state index in [4.69, 9.17) is 4.74 Å². The molecular formula is C14H22N2O. The zero-order valence-electron chi connectivity index (χ0n) is 10.8. The second-order valence-corrected chi connectivity index (χ2v) is 4.72. The summed E-state index contributed by atoms with van der Waals surface area (Å²) in [5.74, 6) is 0.788. The number of hydrogen-bond donors (Lipinski definition) is 1. The van der Waals surface area contributed by atoms with Crippen molar-refractivity contribution >= 4 is 0 Å². The van der Waals surface area contributed by atoms with Crippen molar-refractivity contribution in [1.29, 1.82) is 0 Å². The van der Waals surface area contributed by atoms with E-state index in [1.807, 2.05) is 6.20 Å². The summed E-state index contributed by atoms with van der Waals surface area (Å²) in [4.78, 5) is 4.27. The third kappa shape index (κ3) is 3.43. The molecule has 2 rings (SSSR count). The maximum absolute atomic E-state index is 5.86. The first-order chi connectivity index (χ1) is 8.31. The molecule has 1 aromatic rings. The first-order valence-electron chi connectivity index (χ1n) is 6.66. The van der Waals surface area contributed by atoms with E-state index in [0.29, 0.717) is 12.1 Å². The fourth-order valence-corrected chi connectivity index (χ4v) is 2.25. The van der Waals surface area contributed by atoms with E-state index in [-0.39, 0.29) is 0 Å². The SMILES string of the molecule is CCCc1ccnc(O[C@H]2C[C@@H](NCC)C2)c1. The number of nitrogens with one attached hydrogen (secondary N) is 1. The quantitative estimate of drug-likeness (QED) is 0.821. The van der Waals surface area contributed by atoms with Crippen LogP contribution in [0.5, 0.6) is 5.88 Å². The number of ether oxygens (including phenoxy) is 1. The highest BCUT2D eigenvalue weighted by molar-refractivity contribution is 5.21. The molecule has 0 unspecified atom stereocenters. The molecule has 0 radical (unpaired) electrons. The van der Waals surface area contributed by atoms with Gasteiger partial charge in [0, 0.05) is 18.3 Å². The third-order valence-corrected chi connectivity index (χ3v) is 3.21. The Morgan fingerprint density at radius 2 is 2.24 bits per heavy atom. The van der Waals surface area contributed by atoms with Gasteiger partial charge in [-0.2, -0.15) is 0 Å². The minimum absolute atomic E-state index is 0.350. The molecule has 3 nitrogen and oxygen atoms in total. The lowest BCUT2D eigenvalue weighted by Gasteiger charge is -2.35. The van der Waals surface area contributed by atoms with Crippen molar-refractivity contribution in [1.82, 2.24) is 10.3 Å². The lowest BCUT2D eigenvalue weighted by atomic mass is 9.89. The number of nitrogens with zero attached hydrogens (tertiary/aromatic N) is 1. The predicted molar refractivity (Wildman–Crippen MR) is 69.3 cm³/mol. The molecule has 1 heterocycles. The van der Waals surface area contributed by atoms with Crippen LogP contribution in [0.3, 0.4) is 0 Å². The van der Waals surface area contributed by atoms with Gasteiger partial charge in [0.05, 0.1) is 0 Å². The summed E-state index contributed by atoms with van der Waals surface area (Å²) in [6, 6.07) is 4.78. The minimum Gasteiger partial charge on any atom is -0.474 e. The average Bonchev–Trinajstić information content (AvgIpc) is 2.27. The van der Waals surface area contributed by atoms with E-state index in [0.717, 1.165) is 38.1 Å². The summed E-state index contributed by atoms with van der Waals surface area (Å²) in [6.45, 7) is 5.37. The molecule has 3 heteroatoms. The molecule has 1 fully saturated rings. The molecule has 0 aromatic carbocycles. The monoisotopic (exact) mass is 234 g/mol. The molecule has 1 aromatic heterocycles. The van der Waals surface area contributed by atoms with Crippen LogP contribution >= 0.6 is 0 Å². The fraction of sp³-hybridized carbons (Fsp3) is 0.643. The number of rotatable bonds is 6. The molecular weight excluding hydrogens is 212 g/mol. The van der Waals surface area contributed by atoms with Crippen LogP contribution in [0.15, 0.2) is 18.3 Å². The Bertz CT molecular complexity index is 348. The highest BCUT2D eigenvalue weighted by atomic mass is 16.5. The van der Waals surface area contributed by atoms with Gasteiger partial charge < -0.3 is 10.1 Å². The van der Waals surface area contributed by atoms with E-state index < -0.39 is 0 Å². The molecule has 17 heavy (non-hydrogen) atoms. The fourth-order valence-electron chi connectivity index (χ4n) is 2.25. The van der Waals surface area contributed by atoms with Crippen LogP contribution in [0.2, 0.25) is 0 Å². The van der Waals surface area contributed by atoms with Crippen molar-refractivity contribution in [2.45, 2.75) is 51.7 Å². The van der Waals surface area contributed by atoms with Gasteiger partial charge in [-0.15, -0.1) is 0 Å². The maximum atomic E-state index is 5.86. The van der Waals surface area contributed by atoms with E-state index in [2.05, 4.69) is 36.3 Å². The van der Waals surface area contributed by atoms with Gasteiger partial charge in [-0.3, -0.25) is 0 Å². The summed E-state index contributed by atoms with van der Waals surface area (Å²) in [7, 11) is 0. The smallest absolute Gasteiger partial charge is 0.213 e. The average molecular weight is 234 g/mol. The van der Waals surface area contributed by atoms with Gasteiger partial charge >= 0.3 is 0 Å². The van der Waals surface area contributed by atoms with Crippen LogP contribution < -0.4 is 10.1 Å². The summed E-state index contributed by atoms with van der Waals surface area (Å²) < 4.78 is 5.86. The van der Waals surface area contributed by atoms with Crippen molar-refractivity contribution in [2.75, 3.05) is 6.54 Å². The molecule has 0 saturated heterocycles. The molecule has 0 bridgehead atoms. The molecule has 1 N–H and O–H groups in total. The molecule has 0 spiro atoms. The zero-order valence-corrected chi connectivity index (χ0v) is 10.8. The number of aryl methyl sites for hydroxylation is 1. The Morgan fingerprint density at radius 3 is 2.94 bits per heavy atom. The van der Waals surface area contributed by atoms with Crippen LogP contribution in [0.25, 0.3) is 0 Å². The van der Waals surface area contributed by atoms with Gasteiger partial charge in [-0.1, -0.05) is 20.3 Å². The van der Waals surface area contributed by atoms with E-state index >= 15 is 0 Å². The van der Waals surface area contributed by atoms with Gasteiger partial charge in [0.2, 0.25) is 5.88 Å². The number of aromatic nitrogens is 1. The highest BCUT2D eigenvalue weighted by Gasteiger charge is 2.30. The normalized spacial score (nSPS) is 23.2. The Hall–Kier alpha value is -1.09. The molecule has 0 amide bonds. The van der Waals surface area contributed by atoms with Crippen molar-refractivity contribution in [2.24, 2.45) is 0 Å². The van der Waals surface area contributed by atoms with Crippen LogP contribution in [0.1, 0.15) is 38.7 Å². The molecule has 1 aliphatic carbocycles. The van der Waals surface area contributed by atoms with Crippen LogP contribution in [0.4, 0.5) is 0 Å². The third-order valence-electron chi connectivity index (χ3n) is 3.21. The van der Waals surface area contributed by atoms with Gasteiger partial charge in [-0.25, -0.2) is 4.98 Å².